The highest BCUT2D eigenvalue weighted by molar-refractivity contribution is 5.93. The molecule has 2 N–H and O–H groups in total. The highest BCUT2D eigenvalue weighted by atomic mass is 19.1. The summed E-state index contributed by atoms with van der Waals surface area (Å²) in [6.45, 7) is 4.04. The Morgan fingerprint density at radius 2 is 1.97 bits per heavy atom. The van der Waals surface area contributed by atoms with Crippen molar-refractivity contribution in [2.24, 2.45) is 0 Å². The zero-order valence-corrected chi connectivity index (χ0v) is 16.7. The van der Waals surface area contributed by atoms with Gasteiger partial charge in [0, 0.05) is 23.6 Å². The van der Waals surface area contributed by atoms with Crippen molar-refractivity contribution in [3.8, 4) is 17.2 Å². The molecule has 1 heterocycles. The lowest BCUT2D eigenvalue weighted by Gasteiger charge is -2.10. The Bertz CT molecular complexity index is 943. The van der Waals surface area contributed by atoms with Gasteiger partial charge in [0.15, 0.2) is 6.61 Å². The van der Waals surface area contributed by atoms with Gasteiger partial charge in [-0.25, -0.2) is 4.39 Å². The van der Waals surface area contributed by atoms with Crippen molar-refractivity contribution in [2.75, 3.05) is 13.2 Å². The number of hydrogen-bond donors (Lipinski definition) is 2. The third kappa shape index (κ3) is 5.73. The van der Waals surface area contributed by atoms with Crippen LogP contribution in [0.4, 0.5) is 4.39 Å². The molecule has 0 saturated carbocycles. The lowest BCUT2D eigenvalue weighted by molar-refractivity contribution is -0.128. The molecule has 1 aliphatic rings. The van der Waals surface area contributed by atoms with Gasteiger partial charge in [0.25, 0.3) is 11.8 Å². The highest BCUT2D eigenvalue weighted by Crippen LogP contribution is 2.35. The van der Waals surface area contributed by atoms with Crippen LogP contribution in [-0.4, -0.2) is 31.1 Å². The van der Waals surface area contributed by atoms with Crippen LogP contribution >= 0.6 is 0 Å². The maximum Gasteiger partial charge on any atom is 0.276 e. The predicted molar refractivity (Wildman–Crippen MR) is 109 cm³/mol. The predicted octanol–water partition coefficient (Wildman–Crippen LogP) is 2.79. The SMILES string of the molecule is CCOc1cc2c(cc1/C=C/C(=O)NNC(=O)COc1ccc(F)cc1)O[C@@H](C)C2. The lowest BCUT2D eigenvalue weighted by Crippen LogP contribution is -2.43. The van der Waals surface area contributed by atoms with E-state index in [1.807, 2.05) is 26.0 Å². The summed E-state index contributed by atoms with van der Waals surface area (Å²) >= 11 is 0. The van der Waals surface area contributed by atoms with Crippen LogP contribution in [0.2, 0.25) is 0 Å². The molecular formula is C22H23FN2O5. The number of hydrogen-bond acceptors (Lipinski definition) is 5. The van der Waals surface area contributed by atoms with Crippen LogP contribution in [0.5, 0.6) is 17.2 Å². The van der Waals surface area contributed by atoms with Gasteiger partial charge in [-0.2, -0.15) is 0 Å². The van der Waals surface area contributed by atoms with Crippen molar-refractivity contribution in [2.45, 2.75) is 26.4 Å². The largest absolute Gasteiger partial charge is 0.493 e. The molecule has 30 heavy (non-hydrogen) atoms. The van der Waals surface area contributed by atoms with E-state index in [0.29, 0.717) is 23.7 Å². The fraction of sp³-hybridized carbons (Fsp3) is 0.273. The molecule has 0 aliphatic carbocycles. The average molecular weight is 414 g/mol. The van der Waals surface area contributed by atoms with E-state index in [1.54, 1.807) is 6.08 Å². The lowest BCUT2D eigenvalue weighted by atomic mass is 10.1. The van der Waals surface area contributed by atoms with Gasteiger partial charge in [-0.15, -0.1) is 0 Å². The van der Waals surface area contributed by atoms with E-state index in [9.17, 15) is 14.0 Å². The topological polar surface area (TPSA) is 85.9 Å². The molecule has 0 bridgehead atoms. The minimum atomic E-state index is -0.559. The second kappa shape index (κ2) is 9.78. The van der Waals surface area contributed by atoms with Gasteiger partial charge in [-0.1, -0.05) is 0 Å². The smallest absolute Gasteiger partial charge is 0.276 e. The summed E-state index contributed by atoms with van der Waals surface area (Å²) in [4.78, 5) is 23.8. The number of benzene rings is 2. The molecule has 1 aliphatic heterocycles. The Balaban J connectivity index is 1.52. The normalized spacial score (nSPS) is 14.7. The van der Waals surface area contributed by atoms with E-state index < -0.39 is 17.6 Å². The molecule has 2 aromatic carbocycles. The number of fused-ring (bicyclic) bond motifs is 1. The first-order valence-corrected chi connectivity index (χ1v) is 9.56. The minimum absolute atomic E-state index is 0.101. The summed E-state index contributed by atoms with van der Waals surface area (Å²) in [5.74, 6) is 0.294. The number of amides is 2. The Hall–Kier alpha value is -3.55. The van der Waals surface area contributed by atoms with E-state index >= 15 is 0 Å². The van der Waals surface area contributed by atoms with Crippen molar-refractivity contribution in [1.29, 1.82) is 0 Å². The second-order valence-electron chi connectivity index (χ2n) is 6.68. The van der Waals surface area contributed by atoms with E-state index in [4.69, 9.17) is 14.2 Å². The first-order chi connectivity index (χ1) is 14.4. The Morgan fingerprint density at radius 3 is 2.70 bits per heavy atom. The summed E-state index contributed by atoms with van der Waals surface area (Å²) in [7, 11) is 0. The Kier molecular flexibility index (Phi) is 6.90. The summed E-state index contributed by atoms with van der Waals surface area (Å²) in [5.41, 5.74) is 6.28. The standard InChI is InChI=1S/C22H23FN2O5/c1-3-28-19-12-16-10-14(2)30-20(16)11-15(19)4-9-21(26)24-25-22(27)13-29-18-7-5-17(23)6-8-18/h4-9,11-12,14H,3,10,13H2,1-2H3,(H,24,26)(H,25,27)/b9-4+/t14-/m0/s1. The molecule has 3 rings (SSSR count). The molecule has 8 heteroatoms. The average Bonchev–Trinajstić information content (AvgIpc) is 3.09. The van der Waals surface area contributed by atoms with Gasteiger partial charge >= 0.3 is 0 Å². The maximum atomic E-state index is 12.8. The molecule has 2 aromatic rings. The molecule has 7 nitrogen and oxygen atoms in total. The van der Waals surface area contributed by atoms with Gasteiger partial charge in [0.2, 0.25) is 0 Å². The fourth-order valence-corrected chi connectivity index (χ4v) is 2.92. The maximum absolute atomic E-state index is 12.8. The van der Waals surface area contributed by atoms with Crippen LogP contribution in [-0.2, 0) is 16.0 Å². The van der Waals surface area contributed by atoms with Crippen molar-refractivity contribution >= 4 is 17.9 Å². The molecule has 2 amide bonds. The number of ether oxygens (including phenoxy) is 3. The number of nitrogens with one attached hydrogen (secondary N) is 2. The highest BCUT2D eigenvalue weighted by Gasteiger charge is 2.21. The van der Waals surface area contributed by atoms with Gasteiger partial charge in [-0.3, -0.25) is 20.4 Å². The zero-order chi connectivity index (χ0) is 21.5. The number of halogens is 1. The summed E-state index contributed by atoms with van der Waals surface area (Å²) in [6.07, 6.45) is 3.79. The molecule has 0 spiro atoms. The number of rotatable bonds is 7. The van der Waals surface area contributed by atoms with E-state index in [2.05, 4.69) is 10.9 Å². The van der Waals surface area contributed by atoms with Crippen LogP contribution in [0.25, 0.3) is 6.08 Å². The van der Waals surface area contributed by atoms with Crippen molar-refractivity contribution in [1.82, 2.24) is 10.9 Å². The monoisotopic (exact) mass is 414 g/mol. The molecule has 0 fully saturated rings. The van der Waals surface area contributed by atoms with E-state index in [0.717, 1.165) is 17.7 Å². The Morgan fingerprint density at radius 1 is 1.20 bits per heavy atom. The molecule has 0 saturated heterocycles. The van der Waals surface area contributed by atoms with Crippen molar-refractivity contribution in [3.05, 3.63) is 59.4 Å². The van der Waals surface area contributed by atoms with Crippen LogP contribution in [0.3, 0.4) is 0 Å². The quantitative estimate of drug-likeness (QED) is 0.538. The summed E-state index contributed by atoms with van der Waals surface area (Å²) < 4.78 is 29.5. The molecule has 0 aromatic heterocycles. The van der Waals surface area contributed by atoms with Gasteiger partial charge in [0.1, 0.15) is 29.2 Å². The molecule has 1 atom stereocenters. The second-order valence-corrected chi connectivity index (χ2v) is 6.68. The van der Waals surface area contributed by atoms with Crippen LogP contribution in [0.15, 0.2) is 42.5 Å². The first-order valence-electron chi connectivity index (χ1n) is 9.56. The van der Waals surface area contributed by atoms with Crippen LogP contribution < -0.4 is 25.1 Å². The number of carbonyl (C=O) groups is 2. The summed E-state index contributed by atoms with van der Waals surface area (Å²) in [5, 5.41) is 0. The Labute approximate surface area is 173 Å². The summed E-state index contributed by atoms with van der Waals surface area (Å²) in [6, 6.07) is 9.01. The first kappa shape index (κ1) is 21.2. The third-order valence-electron chi connectivity index (χ3n) is 4.25. The third-order valence-corrected chi connectivity index (χ3v) is 4.25. The molecule has 0 radical (unpaired) electrons. The van der Waals surface area contributed by atoms with Crippen LogP contribution in [0.1, 0.15) is 25.0 Å². The van der Waals surface area contributed by atoms with E-state index in [-0.39, 0.29) is 12.7 Å². The molecule has 158 valence electrons. The van der Waals surface area contributed by atoms with Gasteiger partial charge in [-0.05, 0) is 56.3 Å². The minimum Gasteiger partial charge on any atom is -0.493 e. The number of carbonyl (C=O) groups excluding carboxylic acids is 2. The van der Waals surface area contributed by atoms with Gasteiger partial charge < -0.3 is 14.2 Å². The van der Waals surface area contributed by atoms with Crippen molar-refractivity contribution < 1.29 is 28.2 Å². The van der Waals surface area contributed by atoms with Gasteiger partial charge in [0.05, 0.1) is 6.61 Å². The molecular weight excluding hydrogens is 391 g/mol. The fourth-order valence-electron chi connectivity index (χ4n) is 2.92. The van der Waals surface area contributed by atoms with E-state index in [1.165, 1.54) is 30.3 Å². The van der Waals surface area contributed by atoms with Crippen LogP contribution in [0, 0.1) is 5.82 Å². The van der Waals surface area contributed by atoms with Crippen molar-refractivity contribution in [3.63, 3.8) is 0 Å². The molecule has 0 unspecified atom stereocenters. The number of hydrazine groups is 1. The zero-order valence-electron chi connectivity index (χ0n) is 16.7.